The molecule has 0 saturated heterocycles. The number of aromatic nitrogens is 4. The van der Waals surface area contributed by atoms with Gasteiger partial charge in [-0.3, -0.25) is 0 Å². The molecule has 0 spiro atoms. The molecule has 4 heterocycles. The normalized spacial score (nSPS) is 11.3. The summed E-state index contributed by atoms with van der Waals surface area (Å²) in [4.78, 5) is 0. The summed E-state index contributed by atoms with van der Waals surface area (Å²) in [7, 11) is 0. The molecular formula is C40H44N8+4. The molecule has 240 valence electrons. The molecule has 8 nitrogen and oxygen atoms in total. The largest absolute Gasteiger partial charge is 0.330 e. The number of azo groups is 1. The van der Waals surface area contributed by atoms with E-state index in [0.29, 0.717) is 13.1 Å². The average molecular weight is 637 g/mol. The SMILES string of the molecule is NCCC[n+]1ccc(-c2cc[n+](Cc3ccc(N=Nc4ccc(C[n+]5ccc(-c6cc[n+](CCCN)cc6)cc5)cc4)cc3)cc2)cc1. The highest BCUT2D eigenvalue weighted by Crippen LogP contribution is 2.20. The standard InChI is InChI=1S/C40H44N8/c41-19-1-21-45-23-11-35(12-24-45)37-15-27-47(28-16-37)31-33-3-7-39(8-4-33)43-44-40-9-5-34(6-10-40)32-48-29-17-38(18-30-48)36-13-25-46(26-14-36)22-2-20-42/h3-18,23-30H,1-2,19-22,31-32,41-42H2/q+4. The molecule has 8 heteroatoms. The second kappa shape index (κ2) is 16.4. The van der Waals surface area contributed by atoms with E-state index in [1.807, 2.05) is 24.3 Å². The van der Waals surface area contributed by atoms with Crippen LogP contribution < -0.4 is 29.7 Å². The average Bonchev–Trinajstić information content (AvgIpc) is 3.14. The van der Waals surface area contributed by atoms with E-state index in [0.717, 1.165) is 50.4 Å². The van der Waals surface area contributed by atoms with Gasteiger partial charge < -0.3 is 11.5 Å². The van der Waals surface area contributed by atoms with Gasteiger partial charge in [-0.1, -0.05) is 24.3 Å². The van der Waals surface area contributed by atoms with Crippen LogP contribution >= 0.6 is 0 Å². The molecule has 6 rings (SSSR count). The molecule has 2 aromatic carbocycles. The van der Waals surface area contributed by atoms with Crippen LogP contribution in [-0.2, 0) is 26.2 Å². The fraction of sp³-hybridized carbons (Fsp3) is 0.200. The summed E-state index contributed by atoms with van der Waals surface area (Å²) in [5, 5.41) is 8.92. The smallest absolute Gasteiger partial charge is 0.173 e. The Bertz CT molecular complexity index is 1740. The van der Waals surface area contributed by atoms with Gasteiger partial charge in [0.25, 0.3) is 0 Å². The Kier molecular flexibility index (Phi) is 11.1. The van der Waals surface area contributed by atoms with Gasteiger partial charge in [0.05, 0.1) is 11.4 Å². The third-order valence-corrected chi connectivity index (χ3v) is 8.36. The quantitative estimate of drug-likeness (QED) is 0.124. The van der Waals surface area contributed by atoms with Crippen molar-refractivity contribution in [1.29, 1.82) is 0 Å². The molecule has 4 aromatic heterocycles. The molecule has 0 aliphatic rings. The highest BCUT2D eigenvalue weighted by molar-refractivity contribution is 5.61. The topological polar surface area (TPSA) is 92.3 Å². The van der Waals surface area contributed by atoms with Gasteiger partial charge in [-0.15, -0.1) is 0 Å². The molecule has 0 bridgehead atoms. The summed E-state index contributed by atoms with van der Waals surface area (Å²) < 4.78 is 8.71. The van der Waals surface area contributed by atoms with Crippen molar-refractivity contribution in [3.05, 3.63) is 158 Å². The number of nitrogens with zero attached hydrogens (tertiary/aromatic N) is 6. The molecule has 0 atom stereocenters. The molecule has 0 amide bonds. The lowest BCUT2D eigenvalue weighted by Crippen LogP contribution is -2.33. The van der Waals surface area contributed by atoms with Crippen LogP contribution in [0.2, 0.25) is 0 Å². The zero-order chi connectivity index (χ0) is 33.0. The minimum Gasteiger partial charge on any atom is -0.330 e. The van der Waals surface area contributed by atoms with E-state index in [-0.39, 0.29) is 0 Å². The Labute approximate surface area is 282 Å². The lowest BCUT2D eigenvalue weighted by molar-refractivity contribution is -0.697. The highest BCUT2D eigenvalue weighted by atomic mass is 15.1. The molecule has 0 saturated carbocycles. The van der Waals surface area contributed by atoms with Crippen LogP contribution in [0.25, 0.3) is 22.3 Å². The van der Waals surface area contributed by atoms with Crippen molar-refractivity contribution < 1.29 is 18.3 Å². The van der Waals surface area contributed by atoms with Crippen molar-refractivity contribution in [2.45, 2.75) is 39.0 Å². The number of benzene rings is 2. The predicted octanol–water partition coefficient (Wildman–Crippen LogP) is 5.38. The number of aryl methyl sites for hydroxylation is 2. The van der Waals surface area contributed by atoms with Gasteiger partial charge in [-0.25, -0.2) is 18.3 Å². The summed E-state index contributed by atoms with van der Waals surface area (Å²) in [5.74, 6) is 0. The van der Waals surface area contributed by atoms with Crippen LogP contribution in [0.15, 0.2) is 157 Å². The zero-order valence-electron chi connectivity index (χ0n) is 27.4. The Balaban J connectivity index is 0.986. The number of pyridine rings is 4. The first-order valence-corrected chi connectivity index (χ1v) is 16.6. The molecular weight excluding hydrogens is 592 g/mol. The van der Waals surface area contributed by atoms with Crippen LogP contribution in [0.5, 0.6) is 0 Å². The van der Waals surface area contributed by atoms with Gasteiger partial charge in [-0.2, -0.15) is 10.2 Å². The molecule has 6 aromatic rings. The van der Waals surface area contributed by atoms with Crippen molar-refractivity contribution in [2.24, 2.45) is 21.7 Å². The number of nitrogens with two attached hydrogens (primary N) is 2. The Morgan fingerprint density at radius 3 is 0.958 bits per heavy atom. The van der Waals surface area contributed by atoms with Gasteiger partial charge in [0.15, 0.2) is 62.7 Å². The molecule has 0 unspecified atom stereocenters. The van der Waals surface area contributed by atoms with E-state index in [9.17, 15) is 0 Å². The van der Waals surface area contributed by atoms with E-state index in [1.54, 1.807) is 0 Å². The molecule has 0 fully saturated rings. The minimum atomic E-state index is 0.708. The van der Waals surface area contributed by atoms with Crippen molar-refractivity contribution in [2.75, 3.05) is 13.1 Å². The summed E-state index contributed by atoms with van der Waals surface area (Å²) >= 11 is 0. The summed E-state index contributed by atoms with van der Waals surface area (Å²) in [6.45, 7) is 4.88. The molecule has 0 radical (unpaired) electrons. The predicted molar refractivity (Wildman–Crippen MR) is 187 cm³/mol. The lowest BCUT2D eigenvalue weighted by Gasteiger charge is -2.03. The first-order valence-electron chi connectivity index (χ1n) is 16.6. The van der Waals surface area contributed by atoms with Gasteiger partial charge in [0.1, 0.15) is 13.1 Å². The van der Waals surface area contributed by atoms with E-state index < -0.39 is 0 Å². The number of rotatable bonds is 14. The van der Waals surface area contributed by atoms with Gasteiger partial charge in [0.2, 0.25) is 0 Å². The van der Waals surface area contributed by atoms with Crippen molar-refractivity contribution in [1.82, 2.24) is 0 Å². The number of hydrogen-bond donors (Lipinski definition) is 2. The molecule has 0 aliphatic heterocycles. The van der Waals surface area contributed by atoms with Crippen LogP contribution in [-0.4, -0.2) is 13.1 Å². The third kappa shape index (κ3) is 9.09. The third-order valence-electron chi connectivity index (χ3n) is 8.36. The second-order valence-electron chi connectivity index (χ2n) is 12.0. The second-order valence-corrected chi connectivity index (χ2v) is 12.0. The molecule has 48 heavy (non-hydrogen) atoms. The van der Waals surface area contributed by atoms with Crippen LogP contribution in [0.4, 0.5) is 11.4 Å². The number of hydrogen-bond acceptors (Lipinski definition) is 4. The van der Waals surface area contributed by atoms with E-state index in [2.05, 4.69) is 151 Å². The summed E-state index contributed by atoms with van der Waals surface area (Å²) in [6, 6.07) is 33.8. The van der Waals surface area contributed by atoms with E-state index in [1.165, 1.54) is 33.4 Å². The van der Waals surface area contributed by atoms with Gasteiger partial charge in [0, 0.05) is 72.5 Å². The maximum atomic E-state index is 5.63. The minimum absolute atomic E-state index is 0.708. The zero-order valence-corrected chi connectivity index (χ0v) is 27.4. The Morgan fingerprint density at radius 2 is 0.667 bits per heavy atom. The maximum Gasteiger partial charge on any atom is 0.173 e. The molecule has 4 N–H and O–H groups in total. The van der Waals surface area contributed by atoms with Gasteiger partial charge >= 0.3 is 0 Å². The maximum absolute atomic E-state index is 5.63. The van der Waals surface area contributed by atoms with E-state index >= 15 is 0 Å². The van der Waals surface area contributed by atoms with Crippen LogP contribution in [0.3, 0.4) is 0 Å². The van der Waals surface area contributed by atoms with Crippen molar-refractivity contribution >= 4 is 11.4 Å². The van der Waals surface area contributed by atoms with Gasteiger partial charge in [-0.05, 0) is 59.6 Å². The first kappa shape index (κ1) is 32.5. The Hall–Kier alpha value is -5.44. The highest BCUT2D eigenvalue weighted by Gasteiger charge is 2.09. The van der Waals surface area contributed by atoms with Crippen LogP contribution in [0, 0.1) is 0 Å². The van der Waals surface area contributed by atoms with Crippen molar-refractivity contribution in [3.63, 3.8) is 0 Å². The molecule has 0 aliphatic carbocycles. The Morgan fingerprint density at radius 1 is 0.375 bits per heavy atom. The lowest BCUT2D eigenvalue weighted by atomic mass is 10.1. The fourth-order valence-corrected chi connectivity index (χ4v) is 5.53. The van der Waals surface area contributed by atoms with Crippen LogP contribution in [0.1, 0.15) is 24.0 Å². The van der Waals surface area contributed by atoms with Crippen molar-refractivity contribution in [3.8, 4) is 22.3 Å². The first-order chi connectivity index (χ1) is 23.6. The fourth-order valence-electron chi connectivity index (χ4n) is 5.53. The summed E-state index contributed by atoms with van der Waals surface area (Å²) in [5.41, 5.74) is 20.1. The monoisotopic (exact) mass is 636 g/mol. The summed E-state index contributed by atoms with van der Waals surface area (Å²) in [6.07, 6.45) is 18.9. The van der Waals surface area contributed by atoms with E-state index in [4.69, 9.17) is 11.5 Å².